The van der Waals surface area contributed by atoms with Crippen LogP contribution in [-0.2, 0) is 0 Å². The molecule has 3 rings (SSSR count). The molecule has 5 heteroatoms. The molecule has 20 heavy (non-hydrogen) atoms. The molecule has 2 aliphatic heterocycles. The van der Waals surface area contributed by atoms with Gasteiger partial charge in [-0.1, -0.05) is 0 Å². The third-order valence-corrected chi connectivity index (χ3v) is 4.62. The molecule has 0 amide bonds. The van der Waals surface area contributed by atoms with E-state index in [2.05, 4.69) is 21.3 Å². The van der Waals surface area contributed by atoms with Crippen LogP contribution in [0.5, 0.6) is 5.75 Å². The van der Waals surface area contributed by atoms with Crippen LogP contribution in [0.2, 0.25) is 0 Å². The first-order valence-corrected chi connectivity index (χ1v) is 7.16. The largest absolute Gasteiger partial charge is 0.495 e. The van der Waals surface area contributed by atoms with Gasteiger partial charge >= 0.3 is 0 Å². The van der Waals surface area contributed by atoms with E-state index in [0.29, 0.717) is 16.7 Å². The summed E-state index contributed by atoms with van der Waals surface area (Å²) in [5.41, 5.74) is 0.945. The van der Waals surface area contributed by atoms with Crippen LogP contribution in [0, 0.1) is 16.7 Å². The molecule has 0 atom stereocenters. The van der Waals surface area contributed by atoms with Crippen LogP contribution in [0.15, 0.2) is 12.3 Å². The van der Waals surface area contributed by atoms with Gasteiger partial charge in [0.15, 0.2) is 0 Å². The highest BCUT2D eigenvalue weighted by Gasteiger charge is 2.39. The normalized spacial score (nSPS) is 20.9. The molecule has 3 heterocycles. The molecule has 0 aromatic carbocycles. The summed E-state index contributed by atoms with van der Waals surface area (Å²) >= 11 is 0. The predicted octanol–water partition coefficient (Wildman–Crippen LogP) is 1.54. The molecule has 0 unspecified atom stereocenters. The van der Waals surface area contributed by atoms with E-state index in [0.717, 1.165) is 32.0 Å². The molecule has 0 aliphatic carbocycles. The fourth-order valence-corrected chi connectivity index (χ4v) is 3.35. The van der Waals surface area contributed by atoms with Crippen molar-refractivity contribution in [3.63, 3.8) is 0 Å². The van der Waals surface area contributed by atoms with Crippen molar-refractivity contribution in [3.8, 4) is 11.8 Å². The first-order valence-electron chi connectivity index (χ1n) is 7.16. The van der Waals surface area contributed by atoms with E-state index in [1.807, 2.05) is 6.07 Å². The monoisotopic (exact) mass is 272 g/mol. The van der Waals surface area contributed by atoms with E-state index in [-0.39, 0.29) is 0 Å². The van der Waals surface area contributed by atoms with Gasteiger partial charge in [0.2, 0.25) is 0 Å². The van der Waals surface area contributed by atoms with Gasteiger partial charge in [0, 0.05) is 19.2 Å². The second kappa shape index (κ2) is 5.29. The van der Waals surface area contributed by atoms with E-state index < -0.39 is 0 Å². The topological polar surface area (TPSA) is 61.2 Å². The van der Waals surface area contributed by atoms with Crippen LogP contribution in [0.4, 0.5) is 5.82 Å². The van der Waals surface area contributed by atoms with E-state index in [1.54, 1.807) is 13.3 Å². The molecule has 0 bridgehead atoms. The summed E-state index contributed by atoms with van der Waals surface area (Å²) in [6, 6.07) is 3.99. The van der Waals surface area contributed by atoms with Crippen LogP contribution < -0.4 is 15.0 Å². The van der Waals surface area contributed by atoms with Crippen LogP contribution >= 0.6 is 0 Å². The Morgan fingerprint density at radius 2 is 2.20 bits per heavy atom. The first-order chi connectivity index (χ1) is 9.76. The van der Waals surface area contributed by atoms with Crippen molar-refractivity contribution in [2.75, 3.05) is 38.2 Å². The van der Waals surface area contributed by atoms with Gasteiger partial charge in [-0.25, -0.2) is 4.98 Å². The molecule has 1 aromatic heterocycles. The third-order valence-electron chi connectivity index (χ3n) is 4.62. The molecular formula is C15H20N4O. The summed E-state index contributed by atoms with van der Waals surface area (Å²) in [5.74, 6) is 1.54. The maximum Gasteiger partial charge on any atom is 0.141 e. The molecule has 2 fully saturated rings. The second-order valence-corrected chi connectivity index (χ2v) is 5.78. The molecule has 1 N–H and O–H groups in total. The van der Waals surface area contributed by atoms with Crippen LogP contribution in [0.25, 0.3) is 0 Å². The number of anilines is 1. The lowest BCUT2D eigenvalue weighted by Gasteiger charge is -2.33. The standard InChI is InChI=1S/C15H20N4O/c1-20-13-8-14(18-10-12(13)9-16)19-7-4-15(11-19)2-5-17-6-3-15/h8,10,17H,2-7,11H2,1H3. The zero-order valence-corrected chi connectivity index (χ0v) is 11.9. The molecule has 2 aliphatic rings. The summed E-state index contributed by atoms with van der Waals surface area (Å²) in [4.78, 5) is 6.75. The zero-order valence-electron chi connectivity index (χ0n) is 11.9. The minimum atomic E-state index is 0.452. The average Bonchev–Trinajstić information content (AvgIpc) is 2.91. The Labute approximate surface area is 119 Å². The molecular weight excluding hydrogens is 252 g/mol. The molecule has 1 aromatic rings. The van der Waals surface area contributed by atoms with Crippen LogP contribution in [-0.4, -0.2) is 38.3 Å². The Morgan fingerprint density at radius 3 is 2.90 bits per heavy atom. The van der Waals surface area contributed by atoms with Crippen LogP contribution in [0.3, 0.4) is 0 Å². The smallest absolute Gasteiger partial charge is 0.141 e. The lowest BCUT2D eigenvalue weighted by molar-refractivity contribution is 0.232. The van der Waals surface area contributed by atoms with Gasteiger partial charge in [0.05, 0.1) is 13.3 Å². The van der Waals surface area contributed by atoms with Crippen molar-refractivity contribution in [1.29, 1.82) is 5.26 Å². The maximum atomic E-state index is 9.01. The maximum absolute atomic E-state index is 9.01. The van der Waals surface area contributed by atoms with E-state index in [1.165, 1.54) is 19.3 Å². The molecule has 0 radical (unpaired) electrons. The van der Waals surface area contributed by atoms with Gasteiger partial charge in [-0.05, 0) is 37.8 Å². The number of hydrogen-bond acceptors (Lipinski definition) is 5. The Morgan fingerprint density at radius 1 is 1.40 bits per heavy atom. The Bertz CT molecular complexity index is 531. The van der Waals surface area contributed by atoms with Crippen molar-refractivity contribution in [1.82, 2.24) is 10.3 Å². The number of nitrogens with zero attached hydrogens (tertiary/aromatic N) is 3. The molecule has 0 saturated carbocycles. The quantitative estimate of drug-likeness (QED) is 0.885. The highest BCUT2D eigenvalue weighted by molar-refractivity contribution is 5.52. The van der Waals surface area contributed by atoms with E-state index in [9.17, 15) is 0 Å². The van der Waals surface area contributed by atoms with Gasteiger partial charge in [-0.3, -0.25) is 0 Å². The van der Waals surface area contributed by atoms with Crippen molar-refractivity contribution < 1.29 is 4.74 Å². The second-order valence-electron chi connectivity index (χ2n) is 5.78. The summed E-state index contributed by atoms with van der Waals surface area (Å²) in [7, 11) is 1.60. The number of hydrogen-bond donors (Lipinski definition) is 1. The molecule has 1 spiro atoms. The van der Waals surface area contributed by atoms with Gasteiger partial charge in [-0.15, -0.1) is 0 Å². The van der Waals surface area contributed by atoms with Crippen molar-refractivity contribution in [3.05, 3.63) is 17.8 Å². The molecule has 5 nitrogen and oxygen atoms in total. The van der Waals surface area contributed by atoms with E-state index in [4.69, 9.17) is 10.00 Å². The van der Waals surface area contributed by atoms with Gasteiger partial charge in [-0.2, -0.15) is 5.26 Å². The number of piperidine rings is 1. The van der Waals surface area contributed by atoms with E-state index >= 15 is 0 Å². The highest BCUT2D eigenvalue weighted by atomic mass is 16.5. The number of aromatic nitrogens is 1. The highest BCUT2D eigenvalue weighted by Crippen LogP contribution is 2.40. The minimum absolute atomic E-state index is 0.452. The Kier molecular flexibility index (Phi) is 3.49. The summed E-state index contributed by atoms with van der Waals surface area (Å²) in [6.07, 6.45) is 5.34. The zero-order chi connectivity index (χ0) is 14.0. The minimum Gasteiger partial charge on any atom is -0.495 e. The lowest BCUT2D eigenvalue weighted by Crippen LogP contribution is -2.38. The van der Waals surface area contributed by atoms with Gasteiger partial charge < -0.3 is 15.0 Å². The summed E-state index contributed by atoms with van der Waals surface area (Å²) in [5, 5.41) is 12.4. The number of ether oxygens (including phenoxy) is 1. The molecule has 106 valence electrons. The summed E-state index contributed by atoms with van der Waals surface area (Å²) in [6.45, 7) is 4.36. The number of nitriles is 1. The number of rotatable bonds is 2. The van der Waals surface area contributed by atoms with Crippen molar-refractivity contribution in [2.24, 2.45) is 5.41 Å². The Hall–Kier alpha value is -1.80. The fraction of sp³-hybridized carbons (Fsp3) is 0.600. The third kappa shape index (κ3) is 2.32. The first kappa shape index (κ1) is 13.2. The average molecular weight is 272 g/mol. The van der Waals surface area contributed by atoms with Crippen molar-refractivity contribution >= 4 is 5.82 Å². The number of methoxy groups -OCH3 is 1. The number of pyridine rings is 1. The predicted molar refractivity (Wildman–Crippen MR) is 76.9 cm³/mol. The Balaban J connectivity index is 1.79. The SMILES string of the molecule is COc1cc(N2CCC3(CCNCC3)C2)ncc1C#N. The van der Waals surface area contributed by atoms with Crippen LogP contribution in [0.1, 0.15) is 24.8 Å². The number of nitrogens with one attached hydrogen (secondary N) is 1. The van der Waals surface area contributed by atoms with Crippen molar-refractivity contribution in [2.45, 2.75) is 19.3 Å². The summed E-state index contributed by atoms with van der Waals surface area (Å²) < 4.78 is 5.27. The molecule has 2 saturated heterocycles. The van der Waals surface area contributed by atoms with Gasteiger partial charge in [0.1, 0.15) is 23.2 Å². The fourth-order valence-electron chi connectivity index (χ4n) is 3.35. The van der Waals surface area contributed by atoms with Gasteiger partial charge in [0.25, 0.3) is 0 Å². The lowest BCUT2D eigenvalue weighted by atomic mass is 9.78.